The zero-order chi connectivity index (χ0) is 18.1. The van der Waals surface area contributed by atoms with Crippen LogP contribution in [0, 0.1) is 5.82 Å². The largest absolute Gasteiger partial charge is 0.487 e. The number of likely N-dealkylation sites (tertiary alicyclic amines) is 1. The molecule has 1 aliphatic rings. The molecule has 0 atom stereocenters. The molecule has 4 rings (SSSR count). The standard InChI is InChI=1S/C16H14FN5O4/c17-10-1-3-13(4-2-10)25-8-11-5-22(20-19-11)12-6-21(7-12)15(23)14-9-26-16(24)18-14/h1-5,9,12H,6-8H2,(H,18,24). The summed E-state index contributed by atoms with van der Waals surface area (Å²) in [5.41, 5.74) is 0.749. The number of hydrogen-bond acceptors (Lipinski definition) is 6. The molecule has 3 heterocycles. The minimum absolute atomic E-state index is 0.00430. The molecule has 1 aliphatic heterocycles. The number of carbonyl (C=O) groups is 1. The van der Waals surface area contributed by atoms with Crippen molar-refractivity contribution in [3.8, 4) is 5.75 Å². The van der Waals surface area contributed by atoms with Gasteiger partial charge in [-0.2, -0.15) is 0 Å². The van der Waals surface area contributed by atoms with Crippen LogP contribution in [0.4, 0.5) is 4.39 Å². The fraction of sp³-hybridized carbons (Fsp3) is 0.250. The monoisotopic (exact) mass is 359 g/mol. The van der Waals surface area contributed by atoms with Crippen LogP contribution in [0.5, 0.6) is 5.75 Å². The normalized spacial score (nSPS) is 14.3. The summed E-state index contributed by atoms with van der Waals surface area (Å²) in [6, 6.07) is 5.72. The summed E-state index contributed by atoms with van der Waals surface area (Å²) in [5, 5.41) is 8.08. The zero-order valence-electron chi connectivity index (χ0n) is 13.5. The van der Waals surface area contributed by atoms with Gasteiger partial charge in [-0.05, 0) is 24.3 Å². The molecule has 2 aromatic heterocycles. The van der Waals surface area contributed by atoms with Gasteiger partial charge in [0.1, 0.15) is 35.8 Å². The molecule has 1 aromatic carbocycles. The highest BCUT2D eigenvalue weighted by molar-refractivity contribution is 5.92. The Hall–Kier alpha value is -3.43. The van der Waals surface area contributed by atoms with Crippen LogP contribution in [0.25, 0.3) is 0 Å². The third kappa shape index (κ3) is 3.21. The first-order valence-electron chi connectivity index (χ1n) is 7.84. The number of halogens is 1. The number of nitrogens with one attached hydrogen (secondary N) is 1. The van der Waals surface area contributed by atoms with Gasteiger partial charge in [-0.25, -0.2) is 13.9 Å². The molecule has 9 nitrogen and oxygen atoms in total. The molecule has 134 valence electrons. The summed E-state index contributed by atoms with van der Waals surface area (Å²) < 4.78 is 24.6. The van der Waals surface area contributed by atoms with Crippen LogP contribution in [-0.4, -0.2) is 43.9 Å². The summed E-state index contributed by atoms with van der Waals surface area (Å²) in [5.74, 6) is -0.748. The van der Waals surface area contributed by atoms with E-state index in [1.807, 2.05) is 0 Å². The van der Waals surface area contributed by atoms with Gasteiger partial charge in [-0.1, -0.05) is 5.21 Å². The highest BCUT2D eigenvalue weighted by Gasteiger charge is 2.34. The molecule has 1 amide bonds. The number of rotatable bonds is 5. The molecule has 1 N–H and O–H groups in total. The van der Waals surface area contributed by atoms with Crippen LogP contribution in [0.15, 0.2) is 45.9 Å². The Balaban J connectivity index is 1.31. The van der Waals surface area contributed by atoms with Crippen molar-refractivity contribution in [2.45, 2.75) is 12.6 Å². The van der Waals surface area contributed by atoms with E-state index in [2.05, 4.69) is 19.7 Å². The third-order valence-electron chi connectivity index (χ3n) is 4.03. The van der Waals surface area contributed by atoms with Crippen molar-refractivity contribution >= 4 is 5.91 Å². The SMILES string of the molecule is O=C(c1coc(=O)[nH]1)N1CC(n2cc(COc3ccc(F)cc3)nn2)C1. The highest BCUT2D eigenvalue weighted by Crippen LogP contribution is 2.22. The number of nitrogens with zero attached hydrogens (tertiary/aromatic N) is 4. The first kappa shape index (κ1) is 16.1. The van der Waals surface area contributed by atoms with Crippen molar-refractivity contribution < 1.29 is 18.3 Å². The quantitative estimate of drug-likeness (QED) is 0.728. The van der Waals surface area contributed by atoms with Gasteiger partial charge in [0.2, 0.25) is 0 Å². The number of H-pyrrole nitrogens is 1. The average molecular weight is 359 g/mol. The summed E-state index contributed by atoms with van der Waals surface area (Å²) in [6.07, 6.45) is 2.86. The lowest BCUT2D eigenvalue weighted by atomic mass is 10.1. The molecule has 1 saturated heterocycles. The summed E-state index contributed by atoms with van der Waals surface area (Å²) in [4.78, 5) is 27.0. The fourth-order valence-electron chi connectivity index (χ4n) is 2.59. The van der Waals surface area contributed by atoms with Crippen molar-refractivity contribution in [1.82, 2.24) is 24.9 Å². The summed E-state index contributed by atoms with van der Waals surface area (Å²) in [6.45, 7) is 1.11. The number of aromatic amines is 1. The van der Waals surface area contributed by atoms with E-state index in [1.54, 1.807) is 15.8 Å². The van der Waals surface area contributed by atoms with Gasteiger partial charge in [-0.3, -0.25) is 9.78 Å². The molecule has 0 unspecified atom stereocenters. The van der Waals surface area contributed by atoms with Gasteiger partial charge in [0.25, 0.3) is 5.91 Å². The molecule has 1 fully saturated rings. The maximum atomic E-state index is 12.9. The van der Waals surface area contributed by atoms with Crippen LogP contribution >= 0.6 is 0 Å². The molecule has 0 spiro atoms. The average Bonchev–Trinajstić information content (AvgIpc) is 3.22. The Morgan fingerprint density at radius 2 is 2.12 bits per heavy atom. The zero-order valence-corrected chi connectivity index (χ0v) is 13.5. The molecular formula is C16H14FN5O4. The van der Waals surface area contributed by atoms with Gasteiger partial charge in [0.05, 0.1) is 12.2 Å². The van der Waals surface area contributed by atoms with Gasteiger partial charge in [0, 0.05) is 13.1 Å². The number of ether oxygens (including phenoxy) is 1. The van der Waals surface area contributed by atoms with Crippen LogP contribution < -0.4 is 10.5 Å². The summed E-state index contributed by atoms with van der Waals surface area (Å²) >= 11 is 0. The van der Waals surface area contributed by atoms with Crippen molar-refractivity contribution in [2.75, 3.05) is 13.1 Å². The first-order valence-corrected chi connectivity index (χ1v) is 7.84. The van der Waals surface area contributed by atoms with Crippen molar-refractivity contribution in [3.05, 3.63) is 64.5 Å². The lowest BCUT2D eigenvalue weighted by Crippen LogP contribution is -2.51. The smallest absolute Gasteiger partial charge is 0.416 e. The van der Waals surface area contributed by atoms with Crippen molar-refractivity contribution in [2.24, 2.45) is 0 Å². The molecule has 0 radical (unpaired) electrons. The van der Waals surface area contributed by atoms with E-state index in [1.165, 1.54) is 24.3 Å². The maximum Gasteiger partial charge on any atom is 0.416 e. The van der Waals surface area contributed by atoms with Crippen molar-refractivity contribution in [1.29, 1.82) is 0 Å². The lowest BCUT2D eigenvalue weighted by Gasteiger charge is -2.38. The molecule has 0 saturated carbocycles. The molecule has 0 aliphatic carbocycles. The van der Waals surface area contributed by atoms with Gasteiger partial charge >= 0.3 is 5.76 Å². The first-order chi connectivity index (χ1) is 12.6. The number of benzene rings is 1. The van der Waals surface area contributed by atoms with Gasteiger partial charge < -0.3 is 14.1 Å². The fourth-order valence-corrected chi connectivity index (χ4v) is 2.59. The molecule has 3 aromatic rings. The van der Waals surface area contributed by atoms with Crippen LogP contribution in [0.3, 0.4) is 0 Å². The minimum Gasteiger partial charge on any atom is -0.487 e. The predicted molar refractivity (Wildman–Crippen MR) is 85.0 cm³/mol. The maximum absolute atomic E-state index is 12.9. The molecule has 10 heteroatoms. The van der Waals surface area contributed by atoms with E-state index in [-0.39, 0.29) is 30.1 Å². The number of oxazole rings is 1. The second kappa shape index (κ2) is 6.47. The predicted octanol–water partition coefficient (Wildman–Crippen LogP) is 0.975. The number of aromatic nitrogens is 4. The lowest BCUT2D eigenvalue weighted by molar-refractivity contribution is 0.0492. The Morgan fingerprint density at radius 1 is 1.35 bits per heavy atom. The van der Waals surface area contributed by atoms with E-state index in [9.17, 15) is 14.0 Å². The van der Waals surface area contributed by atoms with Crippen LogP contribution in [0.2, 0.25) is 0 Å². The number of hydrogen-bond donors (Lipinski definition) is 1. The molecule has 26 heavy (non-hydrogen) atoms. The van der Waals surface area contributed by atoms with Crippen LogP contribution in [-0.2, 0) is 6.61 Å². The summed E-state index contributed by atoms with van der Waals surface area (Å²) in [7, 11) is 0. The number of carbonyl (C=O) groups excluding carboxylic acids is 1. The van der Waals surface area contributed by atoms with Gasteiger partial charge in [-0.15, -0.1) is 5.10 Å². The van der Waals surface area contributed by atoms with E-state index in [0.717, 1.165) is 6.26 Å². The van der Waals surface area contributed by atoms with E-state index >= 15 is 0 Å². The highest BCUT2D eigenvalue weighted by atomic mass is 19.1. The molecule has 0 bridgehead atoms. The topological polar surface area (TPSA) is 106 Å². The van der Waals surface area contributed by atoms with E-state index in [0.29, 0.717) is 24.5 Å². The van der Waals surface area contributed by atoms with E-state index in [4.69, 9.17) is 4.74 Å². The Bertz CT molecular complexity index is 971. The molecular weight excluding hydrogens is 345 g/mol. The second-order valence-electron chi connectivity index (χ2n) is 5.86. The van der Waals surface area contributed by atoms with Gasteiger partial charge in [0.15, 0.2) is 0 Å². The number of amides is 1. The minimum atomic E-state index is -0.660. The van der Waals surface area contributed by atoms with E-state index < -0.39 is 5.76 Å². The Labute approximate surface area is 146 Å². The third-order valence-corrected chi connectivity index (χ3v) is 4.03. The Morgan fingerprint density at radius 3 is 2.81 bits per heavy atom. The Kier molecular flexibility index (Phi) is 3.99. The second-order valence-corrected chi connectivity index (χ2v) is 5.86. The van der Waals surface area contributed by atoms with Crippen LogP contribution in [0.1, 0.15) is 22.2 Å². The van der Waals surface area contributed by atoms with Crippen molar-refractivity contribution in [3.63, 3.8) is 0 Å².